The lowest BCUT2D eigenvalue weighted by Gasteiger charge is -2.20. The molecule has 0 aromatic heterocycles. The highest BCUT2D eigenvalue weighted by Gasteiger charge is 2.30. The molecule has 1 aliphatic carbocycles. The Labute approximate surface area is 222 Å². The molecule has 6 heteroatoms. The Balaban J connectivity index is 1.20. The maximum Gasteiger partial charge on any atom is 0.256 e. The first-order valence-corrected chi connectivity index (χ1v) is 12.6. The third kappa shape index (κ3) is 4.85. The number of carbonyl (C=O) groups is 2. The molecule has 0 saturated carbocycles. The molecule has 192 valence electrons. The molecule has 1 N–H and O–H groups in total. The van der Waals surface area contributed by atoms with Gasteiger partial charge >= 0.3 is 0 Å². The predicted molar refractivity (Wildman–Crippen MR) is 151 cm³/mol. The number of ketones is 1. The van der Waals surface area contributed by atoms with E-state index in [9.17, 15) is 9.59 Å². The van der Waals surface area contributed by atoms with Gasteiger partial charge in [-0.05, 0) is 54.3 Å². The van der Waals surface area contributed by atoms with Crippen molar-refractivity contribution in [2.75, 3.05) is 38.0 Å². The topological polar surface area (TPSA) is 67.9 Å². The molecule has 38 heavy (non-hydrogen) atoms. The summed E-state index contributed by atoms with van der Waals surface area (Å²) >= 11 is 0. The van der Waals surface area contributed by atoms with Gasteiger partial charge in [-0.2, -0.15) is 0 Å². The Bertz CT molecular complexity index is 1490. The normalized spacial score (nSPS) is 11.5. The summed E-state index contributed by atoms with van der Waals surface area (Å²) in [5, 5.41) is 3.00. The number of ether oxygens (including phenoxy) is 2. The van der Waals surface area contributed by atoms with Gasteiger partial charge in [-0.1, -0.05) is 48.5 Å². The minimum absolute atomic E-state index is 0.0358. The molecule has 0 atom stereocenters. The van der Waals surface area contributed by atoms with Crippen LogP contribution in [0, 0.1) is 0 Å². The molecule has 0 fully saturated rings. The van der Waals surface area contributed by atoms with Crippen molar-refractivity contribution in [3.63, 3.8) is 0 Å². The van der Waals surface area contributed by atoms with Gasteiger partial charge in [0, 0.05) is 53.3 Å². The summed E-state index contributed by atoms with van der Waals surface area (Å²) in [5.41, 5.74) is 6.23. The number of nitrogens with zero attached hydrogens (tertiary/aromatic N) is 1. The fourth-order valence-corrected chi connectivity index (χ4v) is 4.93. The standard InChI is InChI=1S/C32H30N2O4/c1-34(23-17-18-28(37-2)29(20-23)38-3)19-7-8-21-13-15-22(16-14-21)33-32(36)27-12-6-11-26-30(27)24-9-4-5-10-25(24)31(26)35/h4-6,9-18,20H,7-8,19H2,1-3H3,(H,33,36). The van der Waals surface area contributed by atoms with Crippen LogP contribution in [0.25, 0.3) is 11.1 Å². The summed E-state index contributed by atoms with van der Waals surface area (Å²) in [4.78, 5) is 28.2. The highest BCUT2D eigenvalue weighted by atomic mass is 16.5. The molecule has 6 nitrogen and oxygen atoms in total. The largest absolute Gasteiger partial charge is 0.493 e. The molecule has 1 amide bonds. The Hall–Kier alpha value is -4.58. The lowest BCUT2D eigenvalue weighted by molar-refractivity contribution is 0.102. The average molecular weight is 507 g/mol. The van der Waals surface area contributed by atoms with Crippen molar-refractivity contribution in [3.8, 4) is 22.6 Å². The number of aryl methyl sites for hydroxylation is 1. The molecule has 4 aromatic rings. The van der Waals surface area contributed by atoms with Gasteiger partial charge in [0.05, 0.1) is 14.2 Å². The molecule has 1 aliphatic rings. The van der Waals surface area contributed by atoms with Crippen molar-refractivity contribution < 1.29 is 19.1 Å². The highest BCUT2D eigenvalue weighted by molar-refractivity contribution is 6.25. The Morgan fingerprint density at radius 1 is 0.816 bits per heavy atom. The van der Waals surface area contributed by atoms with E-state index in [1.54, 1.807) is 32.4 Å². The van der Waals surface area contributed by atoms with Gasteiger partial charge in [0.2, 0.25) is 0 Å². The molecule has 0 unspecified atom stereocenters. The number of anilines is 2. The fourth-order valence-electron chi connectivity index (χ4n) is 4.93. The van der Waals surface area contributed by atoms with E-state index >= 15 is 0 Å². The summed E-state index contributed by atoms with van der Waals surface area (Å²) in [6.07, 6.45) is 1.89. The number of methoxy groups -OCH3 is 2. The Kier molecular flexibility index (Phi) is 7.13. The van der Waals surface area contributed by atoms with Gasteiger partial charge in [-0.25, -0.2) is 0 Å². The zero-order valence-corrected chi connectivity index (χ0v) is 21.8. The van der Waals surface area contributed by atoms with Gasteiger partial charge < -0.3 is 19.7 Å². The lowest BCUT2D eigenvalue weighted by Crippen LogP contribution is -2.19. The molecule has 0 bridgehead atoms. The first-order valence-electron chi connectivity index (χ1n) is 12.6. The molecule has 0 radical (unpaired) electrons. The minimum Gasteiger partial charge on any atom is -0.493 e. The van der Waals surface area contributed by atoms with Crippen molar-refractivity contribution in [1.82, 2.24) is 0 Å². The second-order valence-electron chi connectivity index (χ2n) is 9.32. The van der Waals surface area contributed by atoms with E-state index in [2.05, 4.69) is 17.3 Å². The van der Waals surface area contributed by atoms with Crippen LogP contribution in [0.15, 0.2) is 84.9 Å². The molecule has 4 aromatic carbocycles. The molecule has 0 heterocycles. The van der Waals surface area contributed by atoms with Crippen LogP contribution >= 0.6 is 0 Å². The summed E-state index contributed by atoms with van der Waals surface area (Å²) in [7, 11) is 5.33. The number of amides is 1. The smallest absolute Gasteiger partial charge is 0.256 e. The SMILES string of the molecule is COc1ccc(N(C)CCCc2ccc(NC(=O)c3cccc4c3-c3ccccc3C4=O)cc2)cc1OC. The first kappa shape index (κ1) is 25.1. The summed E-state index contributed by atoms with van der Waals surface area (Å²) in [5.74, 6) is 1.17. The number of fused-ring (bicyclic) bond motifs is 3. The van der Waals surface area contributed by atoms with Crippen LogP contribution in [-0.4, -0.2) is 39.5 Å². The maximum absolute atomic E-state index is 13.2. The number of hydrogen-bond acceptors (Lipinski definition) is 5. The maximum atomic E-state index is 13.2. The monoisotopic (exact) mass is 506 g/mol. The van der Waals surface area contributed by atoms with Crippen molar-refractivity contribution in [3.05, 3.63) is 107 Å². The van der Waals surface area contributed by atoms with Gasteiger partial charge in [-0.15, -0.1) is 0 Å². The third-order valence-corrected chi connectivity index (χ3v) is 6.97. The summed E-state index contributed by atoms with van der Waals surface area (Å²) in [6, 6.07) is 26.6. The molecular weight excluding hydrogens is 476 g/mol. The molecule has 0 saturated heterocycles. The second kappa shape index (κ2) is 10.8. The van der Waals surface area contributed by atoms with Crippen molar-refractivity contribution in [2.45, 2.75) is 12.8 Å². The minimum atomic E-state index is -0.226. The number of benzene rings is 4. The summed E-state index contributed by atoms with van der Waals surface area (Å²) < 4.78 is 10.7. The Morgan fingerprint density at radius 2 is 1.53 bits per heavy atom. The molecule has 0 spiro atoms. The van der Waals surface area contributed by atoms with Crippen LogP contribution in [0.2, 0.25) is 0 Å². The van der Waals surface area contributed by atoms with E-state index < -0.39 is 0 Å². The molecule has 5 rings (SSSR count). The van der Waals surface area contributed by atoms with Gasteiger partial charge in [0.25, 0.3) is 5.91 Å². The second-order valence-corrected chi connectivity index (χ2v) is 9.32. The zero-order chi connectivity index (χ0) is 26.6. The van der Waals surface area contributed by atoms with E-state index in [1.807, 2.05) is 66.7 Å². The quantitative estimate of drug-likeness (QED) is 0.256. The van der Waals surface area contributed by atoms with Crippen LogP contribution in [0.4, 0.5) is 11.4 Å². The van der Waals surface area contributed by atoms with Crippen molar-refractivity contribution >= 4 is 23.1 Å². The van der Waals surface area contributed by atoms with E-state index in [0.717, 1.165) is 36.3 Å². The lowest BCUT2D eigenvalue weighted by atomic mass is 9.99. The number of rotatable bonds is 9. The van der Waals surface area contributed by atoms with E-state index in [4.69, 9.17) is 9.47 Å². The van der Waals surface area contributed by atoms with Gasteiger partial charge in [0.1, 0.15) is 0 Å². The van der Waals surface area contributed by atoms with Gasteiger partial charge in [0.15, 0.2) is 17.3 Å². The highest BCUT2D eigenvalue weighted by Crippen LogP contribution is 2.39. The summed E-state index contributed by atoms with van der Waals surface area (Å²) in [6.45, 7) is 0.882. The zero-order valence-electron chi connectivity index (χ0n) is 21.8. The first-order chi connectivity index (χ1) is 18.5. The number of nitrogens with one attached hydrogen (secondary N) is 1. The molecule has 0 aliphatic heterocycles. The average Bonchev–Trinajstić information content (AvgIpc) is 3.25. The van der Waals surface area contributed by atoms with E-state index in [1.165, 1.54) is 5.56 Å². The van der Waals surface area contributed by atoms with Crippen LogP contribution < -0.4 is 19.7 Å². The van der Waals surface area contributed by atoms with Crippen LogP contribution in [0.5, 0.6) is 11.5 Å². The van der Waals surface area contributed by atoms with Crippen LogP contribution in [0.1, 0.15) is 38.3 Å². The fraction of sp³-hybridized carbons (Fsp3) is 0.188. The van der Waals surface area contributed by atoms with E-state index in [0.29, 0.717) is 33.8 Å². The van der Waals surface area contributed by atoms with Crippen LogP contribution in [0.3, 0.4) is 0 Å². The van der Waals surface area contributed by atoms with Crippen molar-refractivity contribution in [2.24, 2.45) is 0 Å². The van der Waals surface area contributed by atoms with Gasteiger partial charge in [-0.3, -0.25) is 9.59 Å². The predicted octanol–water partition coefficient (Wildman–Crippen LogP) is 6.24. The van der Waals surface area contributed by atoms with Crippen LogP contribution in [-0.2, 0) is 6.42 Å². The number of hydrogen-bond donors (Lipinski definition) is 1. The third-order valence-electron chi connectivity index (χ3n) is 6.97. The van der Waals surface area contributed by atoms with Crippen molar-refractivity contribution in [1.29, 1.82) is 0 Å². The Morgan fingerprint density at radius 3 is 2.26 bits per heavy atom. The number of carbonyl (C=O) groups excluding carboxylic acids is 2. The van der Waals surface area contributed by atoms with E-state index in [-0.39, 0.29) is 11.7 Å². The molecular formula is C32H30N2O4.